The third kappa shape index (κ3) is 7.10. The van der Waals surface area contributed by atoms with Gasteiger partial charge in [0.05, 0.1) is 0 Å². The molecule has 31 heavy (non-hydrogen) atoms. The topological polar surface area (TPSA) is 6.48 Å². The fraction of sp³-hybridized carbons (Fsp3) is 0.448. The van der Waals surface area contributed by atoms with Gasteiger partial charge in [-0.3, -0.25) is 0 Å². The van der Waals surface area contributed by atoms with Crippen LogP contribution in [0.15, 0.2) is 60.7 Å². The molecule has 0 amide bonds. The van der Waals surface area contributed by atoms with Crippen LogP contribution in [0.3, 0.4) is 0 Å². The van der Waals surface area contributed by atoms with Gasteiger partial charge in [-0.1, -0.05) is 60.7 Å². The van der Waals surface area contributed by atoms with Crippen LogP contribution in [-0.4, -0.2) is 43.0 Å². The standard InChI is InChI=1S/C27H36N2.C2H2/c1-28(21-24-9-3-2-4-10-24)22-26-11-5-6-12-27(26)25-15-13-23(14-16-25)17-20-29-18-7-8-19-29;1-2/h2-4,9-10,12-16,26H,5-8,11,17-22H2,1H3;1-2H. The van der Waals surface area contributed by atoms with E-state index in [-0.39, 0.29) is 0 Å². The Bertz CT molecular complexity index is 813. The van der Waals surface area contributed by atoms with Crippen molar-refractivity contribution < 1.29 is 0 Å². The van der Waals surface area contributed by atoms with Gasteiger partial charge in [-0.25, -0.2) is 0 Å². The summed E-state index contributed by atoms with van der Waals surface area (Å²) in [4.78, 5) is 5.10. The highest BCUT2D eigenvalue weighted by atomic mass is 15.1. The van der Waals surface area contributed by atoms with Gasteiger partial charge in [-0.15, -0.1) is 12.8 Å². The van der Waals surface area contributed by atoms with E-state index in [1.54, 1.807) is 5.57 Å². The molecule has 2 aromatic rings. The highest BCUT2D eigenvalue weighted by molar-refractivity contribution is 5.68. The Kier molecular flexibility index (Phi) is 9.40. The predicted molar refractivity (Wildman–Crippen MR) is 134 cm³/mol. The van der Waals surface area contributed by atoms with Crippen LogP contribution >= 0.6 is 0 Å². The van der Waals surface area contributed by atoms with Crippen molar-refractivity contribution in [3.63, 3.8) is 0 Å². The molecule has 0 bridgehead atoms. The molecule has 1 aliphatic carbocycles. The van der Waals surface area contributed by atoms with Gasteiger partial charge in [-0.2, -0.15) is 0 Å². The van der Waals surface area contributed by atoms with E-state index in [2.05, 4.69) is 90.4 Å². The van der Waals surface area contributed by atoms with Crippen LogP contribution < -0.4 is 0 Å². The minimum Gasteiger partial charge on any atom is -0.303 e. The third-order valence-corrected chi connectivity index (χ3v) is 6.59. The molecule has 1 heterocycles. The first-order chi connectivity index (χ1) is 15.3. The smallest absolute Gasteiger partial charge is 0.0230 e. The molecule has 2 heteroatoms. The van der Waals surface area contributed by atoms with Gasteiger partial charge in [0.1, 0.15) is 0 Å². The second-order valence-corrected chi connectivity index (χ2v) is 8.97. The molecule has 2 nitrogen and oxygen atoms in total. The van der Waals surface area contributed by atoms with Gasteiger partial charge >= 0.3 is 0 Å². The maximum absolute atomic E-state index is 4.00. The van der Waals surface area contributed by atoms with E-state index in [0.29, 0.717) is 5.92 Å². The number of hydrogen-bond donors (Lipinski definition) is 0. The van der Waals surface area contributed by atoms with Crippen LogP contribution in [0.5, 0.6) is 0 Å². The van der Waals surface area contributed by atoms with E-state index < -0.39 is 0 Å². The molecule has 1 fully saturated rings. The summed E-state index contributed by atoms with van der Waals surface area (Å²) in [6.07, 6.45) is 18.3. The number of allylic oxidation sites excluding steroid dienone is 1. The fourth-order valence-corrected chi connectivity index (χ4v) is 4.98. The monoisotopic (exact) mass is 414 g/mol. The molecular formula is C29H38N2. The quantitative estimate of drug-likeness (QED) is 0.497. The average Bonchev–Trinajstić information content (AvgIpc) is 3.34. The van der Waals surface area contributed by atoms with Gasteiger partial charge in [0.25, 0.3) is 0 Å². The lowest BCUT2D eigenvalue weighted by molar-refractivity contribution is 0.285. The van der Waals surface area contributed by atoms with Crippen molar-refractivity contribution in [1.29, 1.82) is 0 Å². The van der Waals surface area contributed by atoms with Crippen LogP contribution in [0, 0.1) is 18.8 Å². The Morgan fingerprint density at radius 1 is 0.903 bits per heavy atom. The molecule has 164 valence electrons. The van der Waals surface area contributed by atoms with Gasteiger partial charge in [-0.05, 0) is 86.8 Å². The number of rotatable bonds is 8. The minimum absolute atomic E-state index is 0.646. The van der Waals surface area contributed by atoms with Crippen molar-refractivity contribution in [1.82, 2.24) is 9.80 Å². The third-order valence-electron chi connectivity index (χ3n) is 6.59. The van der Waals surface area contributed by atoms with Crippen LogP contribution in [0.25, 0.3) is 5.57 Å². The Morgan fingerprint density at radius 2 is 1.61 bits per heavy atom. The summed E-state index contributed by atoms with van der Waals surface area (Å²) in [5.41, 5.74) is 5.89. The second kappa shape index (κ2) is 12.5. The first-order valence-electron chi connectivity index (χ1n) is 11.9. The highest BCUT2D eigenvalue weighted by Crippen LogP contribution is 2.33. The molecule has 2 aromatic carbocycles. The summed E-state index contributed by atoms with van der Waals surface area (Å²) in [6, 6.07) is 20.3. The largest absolute Gasteiger partial charge is 0.303 e. The van der Waals surface area contributed by atoms with Crippen molar-refractivity contribution in [2.24, 2.45) is 5.92 Å². The summed E-state index contributed by atoms with van der Waals surface area (Å²) in [7, 11) is 2.26. The predicted octanol–water partition coefficient (Wildman–Crippen LogP) is 5.89. The van der Waals surface area contributed by atoms with Crippen LogP contribution in [-0.2, 0) is 13.0 Å². The molecule has 1 saturated heterocycles. The number of nitrogens with zero attached hydrogens (tertiary/aromatic N) is 2. The van der Waals surface area contributed by atoms with Crippen molar-refractivity contribution >= 4 is 5.57 Å². The van der Waals surface area contributed by atoms with Gasteiger partial charge in [0.2, 0.25) is 0 Å². The van der Waals surface area contributed by atoms with E-state index in [9.17, 15) is 0 Å². The summed E-state index contributed by atoms with van der Waals surface area (Å²) in [6.45, 7) is 5.97. The van der Waals surface area contributed by atoms with Crippen molar-refractivity contribution in [2.75, 3.05) is 33.2 Å². The summed E-state index contributed by atoms with van der Waals surface area (Å²) >= 11 is 0. The van der Waals surface area contributed by atoms with E-state index in [1.165, 1.54) is 74.8 Å². The fourth-order valence-electron chi connectivity index (χ4n) is 4.98. The van der Waals surface area contributed by atoms with E-state index in [1.807, 2.05) is 0 Å². The van der Waals surface area contributed by atoms with E-state index in [0.717, 1.165) is 13.1 Å². The number of likely N-dealkylation sites (tertiary alicyclic amines) is 1. The zero-order chi connectivity index (χ0) is 21.9. The molecule has 0 spiro atoms. The summed E-state index contributed by atoms with van der Waals surface area (Å²) in [5.74, 6) is 0.646. The van der Waals surface area contributed by atoms with Crippen LogP contribution in [0.4, 0.5) is 0 Å². The zero-order valence-corrected chi connectivity index (χ0v) is 19.2. The molecule has 1 atom stereocenters. The lowest BCUT2D eigenvalue weighted by atomic mass is 9.83. The normalized spacial score (nSPS) is 19.0. The average molecular weight is 415 g/mol. The molecule has 4 rings (SSSR count). The number of hydrogen-bond acceptors (Lipinski definition) is 2. The molecule has 0 saturated carbocycles. The first-order valence-corrected chi connectivity index (χ1v) is 11.9. The summed E-state index contributed by atoms with van der Waals surface area (Å²) < 4.78 is 0. The van der Waals surface area contributed by atoms with E-state index >= 15 is 0 Å². The molecule has 1 unspecified atom stereocenters. The summed E-state index contributed by atoms with van der Waals surface area (Å²) in [5, 5.41) is 0. The van der Waals surface area contributed by atoms with Crippen molar-refractivity contribution in [3.05, 3.63) is 77.4 Å². The molecule has 1 aliphatic heterocycles. The molecule has 0 N–H and O–H groups in total. The SMILES string of the molecule is C#C.CN(Cc1ccccc1)CC1CCCC=C1c1ccc(CCN2CCCC2)cc1. The molecule has 0 aromatic heterocycles. The maximum atomic E-state index is 4.00. The van der Waals surface area contributed by atoms with E-state index in [4.69, 9.17) is 0 Å². The van der Waals surface area contributed by atoms with Crippen LogP contribution in [0.1, 0.15) is 48.8 Å². The van der Waals surface area contributed by atoms with Crippen molar-refractivity contribution in [2.45, 2.75) is 45.1 Å². The molecule has 2 aliphatic rings. The number of benzene rings is 2. The maximum Gasteiger partial charge on any atom is 0.0230 e. The van der Waals surface area contributed by atoms with Crippen molar-refractivity contribution in [3.8, 4) is 12.8 Å². The molecule has 0 radical (unpaired) electrons. The Morgan fingerprint density at radius 3 is 2.32 bits per heavy atom. The second-order valence-electron chi connectivity index (χ2n) is 8.97. The van der Waals surface area contributed by atoms with Gasteiger partial charge in [0.15, 0.2) is 0 Å². The Hall–Kier alpha value is -2.34. The Balaban J connectivity index is 0.00000132. The highest BCUT2D eigenvalue weighted by Gasteiger charge is 2.21. The lowest BCUT2D eigenvalue weighted by Crippen LogP contribution is -2.27. The molecular weight excluding hydrogens is 376 g/mol. The van der Waals surface area contributed by atoms with Gasteiger partial charge in [0, 0.05) is 19.6 Å². The zero-order valence-electron chi connectivity index (χ0n) is 19.2. The lowest BCUT2D eigenvalue weighted by Gasteiger charge is -2.29. The Labute approximate surface area is 190 Å². The number of terminal acetylenes is 1. The van der Waals surface area contributed by atoms with Crippen LogP contribution in [0.2, 0.25) is 0 Å². The minimum atomic E-state index is 0.646. The first kappa shape index (κ1) is 23.3. The van der Waals surface area contributed by atoms with Gasteiger partial charge < -0.3 is 9.80 Å².